The summed E-state index contributed by atoms with van der Waals surface area (Å²) in [6, 6.07) is 10.5. The van der Waals surface area contributed by atoms with Gasteiger partial charge in [0, 0.05) is 18.5 Å². The molecule has 10 heteroatoms. The summed E-state index contributed by atoms with van der Waals surface area (Å²) in [5, 5.41) is 7.40. The summed E-state index contributed by atoms with van der Waals surface area (Å²) in [4.78, 5) is 25.1. The van der Waals surface area contributed by atoms with E-state index in [1.165, 1.54) is 4.31 Å². The van der Waals surface area contributed by atoms with Gasteiger partial charge in [0.2, 0.25) is 10.0 Å². The molecule has 1 saturated carbocycles. The van der Waals surface area contributed by atoms with Gasteiger partial charge in [0.1, 0.15) is 11.9 Å². The van der Waals surface area contributed by atoms with Crippen LogP contribution < -0.4 is 5.32 Å². The van der Waals surface area contributed by atoms with Gasteiger partial charge in [0.15, 0.2) is 6.61 Å². The number of esters is 1. The summed E-state index contributed by atoms with van der Waals surface area (Å²) in [6.45, 7) is 1.59. The van der Waals surface area contributed by atoms with E-state index in [9.17, 15) is 18.0 Å². The number of carbonyl (C=O) groups is 2. The Labute approximate surface area is 187 Å². The van der Waals surface area contributed by atoms with Crippen LogP contribution in [0.4, 0.5) is 5.82 Å². The third-order valence-corrected chi connectivity index (χ3v) is 7.71. The summed E-state index contributed by atoms with van der Waals surface area (Å²) >= 11 is 0. The number of nitrogens with zero attached hydrogens (tertiary/aromatic N) is 3. The van der Waals surface area contributed by atoms with Gasteiger partial charge in [-0.1, -0.05) is 25.1 Å². The van der Waals surface area contributed by atoms with Gasteiger partial charge in [0.25, 0.3) is 5.91 Å². The molecule has 2 fully saturated rings. The van der Waals surface area contributed by atoms with Gasteiger partial charge >= 0.3 is 5.97 Å². The number of anilines is 1. The van der Waals surface area contributed by atoms with Crippen LogP contribution in [-0.4, -0.2) is 59.3 Å². The van der Waals surface area contributed by atoms with E-state index in [0.717, 1.165) is 24.2 Å². The van der Waals surface area contributed by atoms with Crippen molar-refractivity contribution in [3.05, 3.63) is 42.1 Å². The van der Waals surface area contributed by atoms with E-state index < -0.39 is 34.5 Å². The van der Waals surface area contributed by atoms with E-state index >= 15 is 0 Å². The zero-order chi connectivity index (χ0) is 22.7. The van der Waals surface area contributed by atoms with Gasteiger partial charge in [0.05, 0.1) is 17.1 Å². The number of aromatic nitrogens is 2. The standard InChI is InChI=1S/C22H28N4O5S/c1-2-13-32(29,30)25-12-6-9-19(25)22(28)31-15-21(27)23-20-14-18(16-10-11-16)24-26(20)17-7-4-3-5-8-17/h3-5,7-8,14,16,19H,2,6,9-13,15H2,1H3,(H,23,27). The number of sulfonamides is 1. The second kappa shape index (κ2) is 9.41. The first-order valence-electron chi connectivity index (χ1n) is 11.0. The van der Waals surface area contributed by atoms with Crippen LogP contribution >= 0.6 is 0 Å². The van der Waals surface area contributed by atoms with Gasteiger partial charge in [-0.15, -0.1) is 0 Å². The topological polar surface area (TPSA) is 111 Å². The molecule has 1 aliphatic heterocycles. The van der Waals surface area contributed by atoms with Crippen LogP contribution in [0, 0.1) is 0 Å². The highest BCUT2D eigenvalue weighted by Gasteiger charge is 2.39. The van der Waals surface area contributed by atoms with E-state index in [4.69, 9.17) is 4.74 Å². The number of nitrogens with one attached hydrogen (secondary N) is 1. The highest BCUT2D eigenvalue weighted by atomic mass is 32.2. The Hall–Kier alpha value is -2.72. The third kappa shape index (κ3) is 5.02. The number of benzene rings is 1. The fourth-order valence-electron chi connectivity index (χ4n) is 3.93. The van der Waals surface area contributed by atoms with Crippen molar-refractivity contribution in [3.8, 4) is 5.69 Å². The molecular formula is C22H28N4O5S. The van der Waals surface area contributed by atoms with Gasteiger partial charge in [-0.05, 0) is 44.2 Å². The Bertz CT molecular complexity index is 1080. The Morgan fingerprint density at radius 3 is 2.62 bits per heavy atom. The molecule has 2 aromatic rings. The lowest BCUT2D eigenvalue weighted by Gasteiger charge is -2.22. The van der Waals surface area contributed by atoms with Crippen LogP contribution in [0.2, 0.25) is 0 Å². The molecule has 1 aromatic carbocycles. The van der Waals surface area contributed by atoms with Gasteiger partial charge in [-0.3, -0.25) is 9.59 Å². The summed E-state index contributed by atoms with van der Waals surface area (Å²) in [5.41, 5.74) is 1.73. The first-order chi connectivity index (χ1) is 15.4. The molecule has 2 heterocycles. The number of rotatable bonds is 9. The third-order valence-electron chi connectivity index (χ3n) is 5.63. The average Bonchev–Trinajstić information content (AvgIpc) is 3.34. The first kappa shape index (κ1) is 22.5. The summed E-state index contributed by atoms with van der Waals surface area (Å²) in [6.07, 6.45) is 3.62. The van der Waals surface area contributed by atoms with Crippen LogP contribution in [0.5, 0.6) is 0 Å². The zero-order valence-corrected chi connectivity index (χ0v) is 18.9. The number of carbonyl (C=O) groups excluding carboxylic acids is 2. The first-order valence-corrected chi connectivity index (χ1v) is 12.6. The van der Waals surface area contributed by atoms with E-state index in [0.29, 0.717) is 37.5 Å². The van der Waals surface area contributed by atoms with Crippen molar-refractivity contribution in [2.75, 3.05) is 24.2 Å². The largest absolute Gasteiger partial charge is 0.454 e. The molecule has 172 valence electrons. The van der Waals surface area contributed by atoms with Crippen LogP contribution in [0.3, 0.4) is 0 Å². The molecule has 1 atom stereocenters. The van der Waals surface area contributed by atoms with Crippen molar-refractivity contribution < 1.29 is 22.7 Å². The van der Waals surface area contributed by atoms with Gasteiger partial charge in [-0.25, -0.2) is 13.1 Å². The number of para-hydroxylation sites is 1. The molecule has 9 nitrogen and oxygen atoms in total. The maximum Gasteiger partial charge on any atom is 0.324 e. The molecule has 1 amide bonds. The number of ether oxygens (including phenoxy) is 1. The lowest BCUT2D eigenvalue weighted by Crippen LogP contribution is -2.43. The number of amides is 1. The minimum atomic E-state index is -3.51. The summed E-state index contributed by atoms with van der Waals surface area (Å²) in [5.74, 6) is -0.283. The second-order valence-electron chi connectivity index (χ2n) is 8.22. The molecule has 1 aromatic heterocycles. The van der Waals surface area contributed by atoms with E-state index in [2.05, 4.69) is 10.4 Å². The zero-order valence-electron chi connectivity index (χ0n) is 18.1. The molecule has 2 aliphatic rings. The highest BCUT2D eigenvalue weighted by molar-refractivity contribution is 7.89. The Kier molecular flexibility index (Phi) is 6.61. The van der Waals surface area contributed by atoms with Crippen molar-refractivity contribution in [2.45, 2.75) is 51.0 Å². The van der Waals surface area contributed by atoms with Crippen molar-refractivity contribution in [2.24, 2.45) is 0 Å². The Morgan fingerprint density at radius 1 is 1.19 bits per heavy atom. The van der Waals surface area contributed by atoms with Crippen molar-refractivity contribution in [1.29, 1.82) is 0 Å². The van der Waals surface area contributed by atoms with Crippen LogP contribution in [0.1, 0.15) is 50.6 Å². The molecule has 1 aliphatic carbocycles. The molecule has 4 rings (SSSR count). The predicted octanol–water partition coefficient (Wildman–Crippen LogP) is 2.44. The lowest BCUT2D eigenvalue weighted by atomic mass is 10.2. The van der Waals surface area contributed by atoms with Crippen LogP contribution in [0.15, 0.2) is 36.4 Å². The van der Waals surface area contributed by atoms with Crippen LogP contribution in [0.25, 0.3) is 5.69 Å². The van der Waals surface area contributed by atoms with Gasteiger partial charge in [-0.2, -0.15) is 9.40 Å². The summed E-state index contributed by atoms with van der Waals surface area (Å²) in [7, 11) is -3.51. The quantitative estimate of drug-likeness (QED) is 0.576. The number of hydrogen-bond acceptors (Lipinski definition) is 6. The summed E-state index contributed by atoms with van der Waals surface area (Å²) < 4.78 is 32.9. The van der Waals surface area contributed by atoms with Crippen LogP contribution in [-0.2, 0) is 24.3 Å². The van der Waals surface area contributed by atoms with Gasteiger partial charge < -0.3 is 10.1 Å². The molecule has 1 unspecified atom stereocenters. The molecule has 0 radical (unpaired) electrons. The average molecular weight is 461 g/mol. The fourth-order valence-corrected chi connectivity index (χ4v) is 5.67. The van der Waals surface area contributed by atoms with Crippen molar-refractivity contribution in [3.63, 3.8) is 0 Å². The molecule has 32 heavy (non-hydrogen) atoms. The minimum absolute atomic E-state index is 0.00985. The molecular weight excluding hydrogens is 432 g/mol. The molecule has 1 saturated heterocycles. The molecule has 1 N–H and O–H groups in total. The maximum absolute atomic E-state index is 12.5. The van der Waals surface area contributed by atoms with E-state index in [1.54, 1.807) is 11.6 Å². The Balaban J connectivity index is 1.40. The van der Waals surface area contributed by atoms with E-state index in [1.807, 2.05) is 36.4 Å². The van der Waals surface area contributed by atoms with Crippen molar-refractivity contribution >= 4 is 27.7 Å². The highest BCUT2D eigenvalue weighted by Crippen LogP contribution is 2.40. The maximum atomic E-state index is 12.5. The lowest BCUT2D eigenvalue weighted by molar-refractivity contribution is -0.150. The predicted molar refractivity (Wildman–Crippen MR) is 119 cm³/mol. The number of hydrogen-bond donors (Lipinski definition) is 1. The normalized spacial score (nSPS) is 19.1. The Morgan fingerprint density at radius 2 is 1.94 bits per heavy atom. The fraction of sp³-hybridized carbons (Fsp3) is 0.500. The minimum Gasteiger partial charge on any atom is -0.454 e. The van der Waals surface area contributed by atoms with E-state index in [-0.39, 0.29) is 5.75 Å². The monoisotopic (exact) mass is 460 g/mol. The smallest absolute Gasteiger partial charge is 0.324 e. The SMILES string of the molecule is CCCS(=O)(=O)N1CCCC1C(=O)OCC(=O)Nc1cc(C2CC2)nn1-c1ccccc1. The second-order valence-corrected chi connectivity index (χ2v) is 10.3. The van der Waals surface area contributed by atoms with Crippen molar-refractivity contribution in [1.82, 2.24) is 14.1 Å². The molecule has 0 bridgehead atoms. The molecule has 0 spiro atoms.